The van der Waals surface area contributed by atoms with Gasteiger partial charge in [-0.1, -0.05) is 27.7 Å². The van der Waals surface area contributed by atoms with Gasteiger partial charge in [-0.25, -0.2) is 4.31 Å². The SMILES string of the molecule is CC(C)CCP1(=O)OPOP(=O)(CCC(C)C)O1. The van der Waals surface area contributed by atoms with Gasteiger partial charge < -0.3 is 0 Å². The maximum atomic E-state index is 12.3. The summed E-state index contributed by atoms with van der Waals surface area (Å²) >= 11 is 0. The lowest BCUT2D eigenvalue weighted by atomic mass is 10.2. The van der Waals surface area contributed by atoms with Crippen LogP contribution in [0, 0.1) is 11.8 Å². The predicted octanol–water partition coefficient (Wildman–Crippen LogP) is 5.04. The Balaban J connectivity index is 2.58. The van der Waals surface area contributed by atoms with Crippen LogP contribution >= 0.6 is 24.2 Å². The summed E-state index contributed by atoms with van der Waals surface area (Å²) in [6.45, 7) is 8.14. The zero-order valence-electron chi connectivity index (χ0n) is 11.4. The first-order valence-electron chi connectivity index (χ1n) is 6.26. The van der Waals surface area contributed by atoms with Crippen molar-refractivity contribution in [3.63, 3.8) is 0 Å². The molecule has 0 N–H and O–H groups in total. The molecule has 18 heavy (non-hydrogen) atoms. The first kappa shape index (κ1) is 16.8. The van der Waals surface area contributed by atoms with Crippen LogP contribution in [0.3, 0.4) is 0 Å². The summed E-state index contributed by atoms with van der Waals surface area (Å²) in [5.41, 5.74) is 0. The first-order valence-corrected chi connectivity index (χ1v) is 10.5. The molecule has 0 aromatic rings. The highest BCUT2D eigenvalue weighted by Crippen LogP contribution is 2.74. The van der Waals surface area contributed by atoms with Gasteiger partial charge in [-0.05, 0) is 24.7 Å². The fourth-order valence-electron chi connectivity index (χ4n) is 1.36. The Bertz CT molecular complexity index is 323. The zero-order chi connectivity index (χ0) is 13.8. The molecule has 1 heterocycles. The molecule has 0 amide bonds. The maximum absolute atomic E-state index is 12.3. The lowest BCUT2D eigenvalue weighted by molar-refractivity contribution is 0.313. The van der Waals surface area contributed by atoms with Gasteiger partial charge in [0.05, 0.1) is 12.3 Å². The highest BCUT2D eigenvalue weighted by Gasteiger charge is 2.41. The average molecular weight is 316 g/mol. The van der Waals surface area contributed by atoms with Crippen LogP contribution in [0.25, 0.3) is 0 Å². The molecule has 0 bridgehead atoms. The van der Waals surface area contributed by atoms with Crippen LogP contribution in [0.5, 0.6) is 0 Å². The van der Waals surface area contributed by atoms with E-state index in [9.17, 15) is 9.13 Å². The molecule has 5 nitrogen and oxygen atoms in total. The van der Waals surface area contributed by atoms with Gasteiger partial charge in [0.2, 0.25) is 0 Å². The second-order valence-electron chi connectivity index (χ2n) is 5.38. The van der Waals surface area contributed by atoms with E-state index in [0.717, 1.165) is 12.8 Å². The van der Waals surface area contributed by atoms with E-state index in [1.807, 2.05) is 27.7 Å². The van der Waals surface area contributed by atoms with E-state index in [2.05, 4.69) is 0 Å². The molecule has 1 saturated heterocycles. The molecule has 1 rings (SSSR count). The monoisotopic (exact) mass is 316 g/mol. The summed E-state index contributed by atoms with van der Waals surface area (Å²) in [6, 6.07) is 0. The van der Waals surface area contributed by atoms with Crippen molar-refractivity contribution in [2.24, 2.45) is 11.8 Å². The fraction of sp³-hybridized carbons (Fsp3) is 1.00. The number of rotatable bonds is 6. The summed E-state index contributed by atoms with van der Waals surface area (Å²) in [7, 11) is -6.89. The summed E-state index contributed by atoms with van der Waals surface area (Å²) in [5, 5.41) is 0. The van der Waals surface area contributed by atoms with E-state index < -0.39 is 24.2 Å². The molecule has 2 atom stereocenters. The third-order valence-electron chi connectivity index (χ3n) is 2.56. The Kier molecular flexibility index (Phi) is 6.52. The molecule has 2 unspecified atom stereocenters. The minimum absolute atomic E-state index is 0.312. The zero-order valence-corrected chi connectivity index (χ0v) is 14.2. The van der Waals surface area contributed by atoms with Gasteiger partial charge in [0.25, 0.3) is 0 Å². The van der Waals surface area contributed by atoms with Crippen LogP contribution in [-0.2, 0) is 22.1 Å². The molecule has 1 aliphatic heterocycles. The van der Waals surface area contributed by atoms with Crippen molar-refractivity contribution in [1.29, 1.82) is 0 Å². The van der Waals surface area contributed by atoms with E-state index >= 15 is 0 Å². The van der Waals surface area contributed by atoms with E-state index in [0.29, 0.717) is 24.2 Å². The quantitative estimate of drug-likeness (QED) is 0.643. The normalized spacial score (nSPS) is 34.6. The Morgan fingerprint density at radius 3 is 1.61 bits per heavy atom. The molecule has 1 aliphatic rings. The van der Waals surface area contributed by atoms with Gasteiger partial charge in [-0.15, -0.1) is 0 Å². The highest BCUT2D eigenvalue weighted by atomic mass is 31.3. The van der Waals surface area contributed by atoms with Crippen molar-refractivity contribution in [2.75, 3.05) is 12.3 Å². The molecule has 0 aromatic carbocycles. The minimum atomic E-state index is -3.22. The largest absolute Gasteiger partial charge is 0.342 e. The molecule has 0 aliphatic carbocycles. The molecule has 0 saturated carbocycles. The minimum Gasteiger partial charge on any atom is -0.259 e. The second-order valence-corrected chi connectivity index (χ2v) is 11.0. The predicted molar refractivity (Wildman–Crippen MR) is 75.4 cm³/mol. The maximum Gasteiger partial charge on any atom is 0.342 e. The van der Waals surface area contributed by atoms with Crippen molar-refractivity contribution in [1.82, 2.24) is 0 Å². The third kappa shape index (κ3) is 5.82. The molecule has 0 spiro atoms. The summed E-state index contributed by atoms with van der Waals surface area (Å²) in [5.74, 6) is 0.813. The van der Waals surface area contributed by atoms with Crippen LogP contribution in [0.4, 0.5) is 0 Å². The van der Waals surface area contributed by atoms with E-state index in [1.54, 1.807) is 0 Å². The number of hydrogen-bond acceptors (Lipinski definition) is 5. The number of hydrogen-bond donors (Lipinski definition) is 0. The van der Waals surface area contributed by atoms with Crippen molar-refractivity contribution in [2.45, 2.75) is 40.5 Å². The first-order chi connectivity index (χ1) is 8.25. The van der Waals surface area contributed by atoms with E-state index in [1.165, 1.54) is 0 Å². The van der Waals surface area contributed by atoms with E-state index in [4.69, 9.17) is 12.9 Å². The van der Waals surface area contributed by atoms with Gasteiger partial charge >= 0.3 is 15.2 Å². The smallest absolute Gasteiger partial charge is 0.259 e. The van der Waals surface area contributed by atoms with Gasteiger partial charge in [-0.2, -0.15) is 0 Å². The summed E-state index contributed by atoms with van der Waals surface area (Å²) in [4.78, 5) is 0. The lowest BCUT2D eigenvalue weighted by Crippen LogP contribution is -2.06. The lowest BCUT2D eigenvalue weighted by Gasteiger charge is -2.29. The van der Waals surface area contributed by atoms with Crippen LogP contribution in [0.15, 0.2) is 0 Å². The molecular weight excluding hydrogens is 293 g/mol. The molecule has 8 heteroatoms. The van der Waals surface area contributed by atoms with Gasteiger partial charge in [0.1, 0.15) is 0 Å². The van der Waals surface area contributed by atoms with Crippen molar-refractivity contribution in [3.05, 3.63) is 0 Å². The molecule has 0 aromatic heterocycles. The topological polar surface area (TPSA) is 61.8 Å². The highest BCUT2D eigenvalue weighted by molar-refractivity contribution is 7.74. The van der Waals surface area contributed by atoms with Crippen molar-refractivity contribution in [3.8, 4) is 0 Å². The summed E-state index contributed by atoms with van der Waals surface area (Å²) < 4.78 is 40.0. The van der Waals surface area contributed by atoms with E-state index in [-0.39, 0.29) is 0 Å². The fourth-order valence-corrected chi connectivity index (χ4v) is 8.13. The van der Waals surface area contributed by atoms with Crippen molar-refractivity contribution < 1.29 is 22.1 Å². The standard InChI is InChI=1S/C10H23O5P3/c1-9(2)5-7-17(11)13-16-14-18(12,15-17)8-6-10(3)4/h9-10,16H,5-8H2,1-4H3. The Morgan fingerprint density at radius 2 is 1.28 bits per heavy atom. The van der Waals surface area contributed by atoms with Crippen LogP contribution in [-0.4, -0.2) is 12.3 Å². The van der Waals surface area contributed by atoms with Gasteiger partial charge in [-0.3, -0.25) is 17.8 Å². The molecule has 1 fully saturated rings. The Morgan fingerprint density at radius 1 is 0.889 bits per heavy atom. The third-order valence-corrected chi connectivity index (χ3v) is 8.99. The molecule has 108 valence electrons. The van der Waals surface area contributed by atoms with Crippen LogP contribution in [0.2, 0.25) is 0 Å². The Labute approximate surface area is 111 Å². The van der Waals surface area contributed by atoms with Crippen molar-refractivity contribution >= 4 is 24.2 Å². The van der Waals surface area contributed by atoms with Crippen LogP contribution < -0.4 is 0 Å². The van der Waals surface area contributed by atoms with Crippen LogP contribution in [0.1, 0.15) is 40.5 Å². The second kappa shape index (κ2) is 6.97. The average Bonchev–Trinajstić information content (AvgIpc) is 2.24. The molecular formula is C10H23O5P3. The van der Waals surface area contributed by atoms with Gasteiger partial charge in [0, 0.05) is 0 Å². The summed E-state index contributed by atoms with van der Waals surface area (Å²) in [6.07, 6.45) is 2.08. The molecule has 0 radical (unpaired) electrons. The van der Waals surface area contributed by atoms with Gasteiger partial charge in [0.15, 0.2) is 9.03 Å². The Hall–Kier alpha value is 0.770.